The monoisotopic (exact) mass is 331 g/mol. The number of benzene rings is 1. The van der Waals surface area contributed by atoms with Crippen molar-refractivity contribution in [1.82, 2.24) is 14.7 Å². The number of halogens is 1. The maximum absolute atomic E-state index is 13.8. The number of rotatable bonds is 8. The zero-order valence-corrected chi connectivity index (χ0v) is 14.7. The van der Waals surface area contributed by atoms with Gasteiger partial charge in [0, 0.05) is 37.9 Å². The van der Waals surface area contributed by atoms with Crippen LogP contribution in [0.3, 0.4) is 0 Å². The third kappa shape index (κ3) is 4.66. The van der Waals surface area contributed by atoms with Gasteiger partial charge in [0.1, 0.15) is 5.82 Å². The molecule has 1 unspecified atom stereocenters. The molecule has 0 saturated heterocycles. The van der Waals surface area contributed by atoms with Gasteiger partial charge >= 0.3 is 0 Å². The highest BCUT2D eigenvalue weighted by Crippen LogP contribution is 2.13. The Hall–Kier alpha value is -2.17. The summed E-state index contributed by atoms with van der Waals surface area (Å²) in [5, 5.41) is 4.13. The molecule has 0 N–H and O–H groups in total. The third-order valence-corrected chi connectivity index (χ3v) is 4.54. The van der Waals surface area contributed by atoms with Gasteiger partial charge in [0.2, 0.25) is 5.91 Å². The second kappa shape index (κ2) is 8.62. The van der Waals surface area contributed by atoms with Gasteiger partial charge in [0.25, 0.3) is 0 Å². The summed E-state index contributed by atoms with van der Waals surface area (Å²) in [5.41, 5.74) is 1.70. The number of aryl methyl sites for hydroxylation is 2. The smallest absolute Gasteiger partial charge is 0.223 e. The van der Waals surface area contributed by atoms with E-state index in [2.05, 4.69) is 12.0 Å². The van der Waals surface area contributed by atoms with Crippen LogP contribution in [0.1, 0.15) is 37.9 Å². The van der Waals surface area contributed by atoms with Crippen LogP contribution in [-0.4, -0.2) is 33.2 Å². The van der Waals surface area contributed by atoms with Crippen LogP contribution in [0.2, 0.25) is 0 Å². The molecule has 0 saturated carbocycles. The lowest BCUT2D eigenvalue weighted by Crippen LogP contribution is -2.40. The fourth-order valence-electron chi connectivity index (χ4n) is 2.78. The van der Waals surface area contributed by atoms with Crippen LogP contribution < -0.4 is 0 Å². The summed E-state index contributed by atoms with van der Waals surface area (Å²) in [4.78, 5) is 14.5. The lowest BCUT2D eigenvalue weighted by Gasteiger charge is -2.29. The lowest BCUT2D eigenvalue weighted by atomic mass is 10.1. The van der Waals surface area contributed by atoms with Gasteiger partial charge in [-0.2, -0.15) is 5.10 Å². The summed E-state index contributed by atoms with van der Waals surface area (Å²) >= 11 is 0. The van der Waals surface area contributed by atoms with Gasteiger partial charge in [-0.05, 0) is 43.9 Å². The molecule has 2 aromatic rings. The Morgan fingerprint density at radius 2 is 2.04 bits per heavy atom. The van der Waals surface area contributed by atoms with E-state index in [1.54, 1.807) is 23.0 Å². The van der Waals surface area contributed by atoms with Crippen molar-refractivity contribution in [1.29, 1.82) is 0 Å². The number of carbonyl (C=O) groups is 1. The van der Waals surface area contributed by atoms with Crippen molar-refractivity contribution in [2.75, 3.05) is 6.54 Å². The molecule has 1 atom stereocenters. The van der Waals surface area contributed by atoms with Crippen molar-refractivity contribution < 1.29 is 9.18 Å². The van der Waals surface area contributed by atoms with Crippen molar-refractivity contribution in [3.05, 3.63) is 53.6 Å². The Bertz CT molecular complexity index is 668. The summed E-state index contributed by atoms with van der Waals surface area (Å²) in [6, 6.07) is 8.84. The molecule has 0 aliphatic carbocycles. The molecular formula is C19H26FN3O. The zero-order valence-electron chi connectivity index (χ0n) is 14.7. The number of hydrogen-bond acceptors (Lipinski definition) is 2. The minimum atomic E-state index is -0.205. The molecule has 24 heavy (non-hydrogen) atoms. The molecule has 2 rings (SSSR count). The average Bonchev–Trinajstić information content (AvgIpc) is 2.99. The number of nitrogens with zero attached hydrogens (tertiary/aromatic N) is 3. The van der Waals surface area contributed by atoms with Crippen molar-refractivity contribution >= 4 is 5.91 Å². The average molecular weight is 331 g/mol. The van der Waals surface area contributed by atoms with E-state index in [9.17, 15) is 9.18 Å². The largest absolute Gasteiger partial charge is 0.340 e. The van der Waals surface area contributed by atoms with Crippen molar-refractivity contribution in [2.24, 2.45) is 7.05 Å². The highest BCUT2D eigenvalue weighted by molar-refractivity contribution is 5.76. The fourth-order valence-corrected chi connectivity index (χ4v) is 2.78. The molecule has 1 amide bonds. The second-order valence-corrected chi connectivity index (χ2v) is 6.13. The Labute approximate surface area is 143 Å². The van der Waals surface area contributed by atoms with Gasteiger partial charge in [0.05, 0.1) is 0 Å². The minimum Gasteiger partial charge on any atom is -0.340 e. The summed E-state index contributed by atoms with van der Waals surface area (Å²) < 4.78 is 15.6. The van der Waals surface area contributed by atoms with Crippen LogP contribution in [0.15, 0.2) is 36.5 Å². The van der Waals surface area contributed by atoms with Gasteiger partial charge in [0.15, 0.2) is 0 Å². The molecule has 4 nitrogen and oxygen atoms in total. The molecule has 5 heteroatoms. The molecule has 130 valence electrons. The maximum atomic E-state index is 13.8. The van der Waals surface area contributed by atoms with Crippen molar-refractivity contribution in [3.8, 4) is 0 Å². The summed E-state index contributed by atoms with van der Waals surface area (Å²) in [5.74, 6) is -0.0918. The van der Waals surface area contributed by atoms with E-state index in [4.69, 9.17) is 0 Å². The molecular weight excluding hydrogens is 305 g/mol. The highest BCUT2D eigenvalue weighted by atomic mass is 19.1. The van der Waals surface area contributed by atoms with Crippen LogP contribution in [0.4, 0.5) is 4.39 Å². The van der Waals surface area contributed by atoms with E-state index >= 15 is 0 Å². The molecule has 0 fully saturated rings. The van der Waals surface area contributed by atoms with Crippen LogP contribution in [0.5, 0.6) is 0 Å². The van der Waals surface area contributed by atoms with Crippen LogP contribution >= 0.6 is 0 Å². The van der Waals surface area contributed by atoms with Gasteiger partial charge in [-0.15, -0.1) is 0 Å². The molecule has 0 spiro atoms. The third-order valence-electron chi connectivity index (χ3n) is 4.54. The molecule has 1 aromatic heterocycles. The predicted octanol–water partition coefficient (Wildman–Crippen LogP) is 3.36. The zero-order chi connectivity index (χ0) is 17.5. The quantitative estimate of drug-likeness (QED) is 0.744. The van der Waals surface area contributed by atoms with Gasteiger partial charge in [-0.1, -0.05) is 25.1 Å². The first-order valence-corrected chi connectivity index (χ1v) is 8.52. The number of aromatic nitrogens is 2. The van der Waals surface area contributed by atoms with Crippen LogP contribution in [0, 0.1) is 5.82 Å². The molecule has 1 heterocycles. The van der Waals surface area contributed by atoms with E-state index in [1.165, 1.54) is 6.07 Å². The van der Waals surface area contributed by atoms with Gasteiger partial charge in [-0.3, -0.25) is 9.48 Å². The van der Waals surface area contributed by atoms with E-state index < -0.39 is 0 Å². The van der Waals surface area contributed by atoms with Gasteiger partial charge < -0.3 is 4.90 Å². The first-order chi connectivity index (χ1) is 11.5. The summed E-state index contributed by atoms with van der Waals surface area (Å²) in [7, 11) is 1.88. The van der Waals surface area contributed by atoms with Crippen molar-refractivity contribution in [3.63, 3.8) is 0 Å². The topological polar surface area (TPSA) is 38.1 Å². The number of amides is 1. The van der Waals surface area contributed by atoms with Crippen LogP contribution in [0.25, 0.3) is 0 Å². The molecule has 0 aliphatic heterocycles. The highest BCUT2D eigenvalue weighted by Gasteiger charge is 2.19. The second-order valence-electron chi connectivity index (χ2n) is 6.13. The summed E-state index contributed by atoms with van der Waals surface area (Å²) in [6.07, 6.45) is 4.27. The first-order valence-electron chi connectivity index (χ1n) is 8.52. The SMILES string of the molecule is CCC(C)N(CCc1ccccc1F)C(=O)CCc1ccnn1C. The molecule has 1 aromatic carbocycles. The Morgan fingerprint density at radius 3 is 2.67 bits per heavy atom. The molecule has 0 radical (unpaired) electrons. The normalized spacial score (nSPS) is 12.2. The van der Waals surface area contributed by atoms with E-state index in [0.29, 0.717) is 31.4 Å². The molecule has 0 bridgehead atoms. The maximum Gasteiger partial charge on any atom is 0.223 e. The van der Waals surface area contributed by atoms with E-state index in [1.807, 2.05) is 31.0 Å². The minimum absolute atomic E-state index is 0.113. The molecule has 0 aliphatic rings. The Morgan fingerprint density at radius 1 is 1.29 bits per heavy atom. The fraction of sp³-hybridized carbons (Fsp3) is 0.474. The van der Waals surface area contributed by atoms with Crippen molar-refractivity contribution in [2.45, 2.75) is 45.6 Å². The number of hydrogen-bond donors (Lipinski definition) is 0. The van der Waals surface area contributed by atoms with Crippen LogP contribution in [-0.2, 0) is 24.7 Å². The summed E-state index contributed by atoms with van der Waals surface area (Å²) in [6.45, 7) is 4.65. The Kier molecular flexibility index (Phi) is 6.53. The van der Waals surface area contributed by atoms with Gasteiger partial charge in [-0.25, -0.2) is 4.39 Å². The van der Waals surface area contributed by atoms with E-state index in [0.717, 1.165) is 12.1 Å². The van der Waals surface area contributed by atoms with E-state index in [-0.39, 0.29) is 17.8 Å². The predicted molar refractivity (Wildman–Crippen MR) is 93.1 cm³/mol. The first kappa shape index (κ1) is 18.2. The lowest BCUT2D eigenvalue weighted by molar-refractivity contribution is -0.133. The number of carbonyl (C=O) groups excluding carboxylic acids is 1. The standard InChI is InChI=1S/C19H26FN3O/c1-4-15(2)23(14-12-16-7-5-6-8-18(16)20)19(24)10-9-17-11-13-21-22(17)3/h5-8,11,13,15H,4,9-10,12,14H2,1-3H3. The Balaban J connectivity index is 1.98.